The van der Waals surface area contributed by atoms with Crippen molar-refractivity contribution in [3.05, 3.63) is 51.7 Å². The Kier molecular flexibility index (Phi) is 6.14. The summed E-state index contributed by atoms with van der Waals surface area (Å²) in [4.78, 5) is 16.8. The van der Waals surface area contributed by atoms with Gasteiger partial charge < -0.3 is 14.3 Å². The molecule has 3 aromatic heterocycles. The number of nitrogens with one attached hydrogen (secondary N) is 1. The fourth-order valence-corrected chi connectivity index (χ4v) is 4.67. The maximum atomic E-state index is 12.4. The number of thiazole rings is 1. The number of halogens is 2. The topological polar surface area (TPSA) is 85.8 Å². The Hall–Kier alpha value is -2.33. The van der Waals surface area contributed by atoms with E-state index in [4.69, 9.17) is 27.6 Å². The van der Waals surface area contributed by atoms with E-state index >= 15 is 0 Å². The normalized spacial score (nSPS) is 11.1. The highest BCUT2D eigenvalue weighted by molar-refractivity contribution is 7.99. The average molecular weight is 480 g/mol. The van der Waals surface area contributed by atoms with Crippen molar-refractivity contribution in [2.75, 3.05) is 11.1 Å². The quantitative estimate of drug-likeness (QED) is 0.365. The van der Waals surface area contributed by atoms with Crippen molar-refractivity contribution in [1.29, 1.82) is 0 Å². The van der Waals surface area contributed by atoms with E-state index in [0.29, 0.717) is 31.9 Å². The molecule has 0 bridgehead atoms. The first-order valence-electron chi connectivity index (χ1n) is 8.70. The number of hydrogen-bond donors (Lipinski definition) is 1. The maximum Gasteiger partial charge on any atom is 0.236 e. The summed E-state index contributed by atoms with van der Waals surface area (Å²) in [6.07, 6.45) is 1.61. The van der Waals surface area contributed by atoms with Gasteiger partial charge in [0.2, 0.25) is 5.91 Å². The second-order valence-electron chi connectivity index (χ2n) is 6.25. The molecule has 1 amide bonds. The van der Waals surface area contributed by atoms with Crippen LogP contribution in [-0.2, 0) is 11.8 Å². The summed E-state index contributed by atoms with van der Waals surface area (Å²) in [6, 6.07) is 7.05. The lowest BCUT2D eigenvalue weighted by molar-refractivity contribution is -0.113. The predicted molar refractivity (Wildman–Crippen MR) is 120 cm³/mol. The molecular formula is C19H15Cl2N5O2S2. The Bertz CT molecular complexity index is 1220. The van der Waals surface area contributed by atoms with Crippen molar-refractivity contribution in [2.24, 2.45) is 7.05 Å². The standard InChI is InChI=1S/C19H15Cl2N5O2S2/c1-10-12(5-6-28-10)17-24-25-19(26(17)2)30-9-16(27)23-18-22-15(8-29-18)13-4-3-11(20)7-14(13)21/h3-8H,9H2,1-2H3,(H,22,23,27). The number of aromatic nitrogens is 4. The zero-order chi connectivity index (χ0) is 21.3. The van der Waals surface area contributed by atoms with Gasteiger partial charge in [0.15, 0.2) is 16.1 Å². The number of carbonyl (C=O) groups excluding carboxylic acids is 1. The number of anilines is 1. The van der Waals surface area contributed by atoms with Crippen LogP contribution >= 0.6 is 46.3 Å². The molecule has 4 aromatic rings. The van der Waals surface area contributed by atoms with Crippen molar-refractivity contribution in [3.63, 3.8) is 0 Å². The van der Waals surface area contributed by atoms with Gasteiger partial charge >= 0.3 is 0 Å². The molecule has 0 aliphatic carbocycles. The van der Waals surface area contributed by atoms with Crippen molar-refractivity contribution in [2.45, 2.75) is 12.1 Å². The minimum atomic E-state index is -0.188. The van der Waals surface area contributed by atoms with E-state index in [9.17, 15) is 4.79 Å². The molecular weight excluding hydrogens is 465 g/mol. The second kappa shape index (κ2) is 8.81. The van der Waals surface area contributed by atoms with Crippen LogP contribution in [0.2, 0.25) is 10.0 Å². The summed E-state index contributed by atoms with van der Waals surface area (Å²) in [5.41, 5.74) is 2.31. The minimum absolute atomic E-state index is 0.174. The summed E-state index contributed by atoms with van der Waals surface area (Å²) in [7, 11) is 1.85. The van der Waals surface area contributed by atoms with E-state index in [2.05, 4.69) is 20.5 Å². The molecule has 0 saturated heterocycles. The van der Waals surface area contributed by atoms with Crippen LogP contribution in [0, 0.1) is 6.92 Å². The van der Waals surface area contributed by atoms with Crippen LogP contribution < -0.4 is 5.32 Å². The van der Waals surface area contributed by atoms with Crippen LogP contribution in [0.1, 0.15) is 5.76 Å². The molecule has 154 valence electrons. The molecule has 0 spiro atoms. The average Bonchev–Trinajstić information content (AvgIpc) is 3.41. The molecule has 7 nitrogen and oxygen atoms in total. The van der Waals surface area contributed by atoms with E-state index < -0.39 is 0 Å². The minimum Gasteiger partial charge on any atom is -0.469 e. The maximum absolute atomic E-state index is 12.4. The van der Waals surface area contributed by atoms with Crippen LogP contribution in [0.5, 0.6) is 0 Å². The Balaban J connectivity index is 1.39. The number of hydrogen-bond acceptors (Lipinski definition) is 7. The molecule has 4 rings (SSSR count). The van der Waals surface area contributed by atoms with Gasteiger partial charge in [-0.1, -0.05) is 35.0 Å². The molecule has 0 radical (unpaired) electrons. The first-order chi connectivity index (χ1) is 14.4. The molecule has 30 heavy (non-hydrogen) atoms. The van der Waals surface area contributed by atoms with Gasteiger partial charge in [-0.2, -0.15) is 0 Å². The van der Waals surface area contributed by atoms with Gasteiger partial charge in [-0.15, -0.1) is 21.5 Å². The number of amides is 1. The summed E-state index contributed by atoms with van der Waals surface area (Å²) in [5, 5.41) is 15.2. The molecule has 3 heterocycles. The summed E-state index contributed by atoms with van der Waals surface area (Å²) in [5.74, 6) is 1.44. The van der Waals surface area contributed by atoms with E-state index in [0.717, 1.165) is 16.9 Å². The molecule has 0 saturated carbocycles. The highest BCUT2D eigenvalue weighted by Gasteiger charge is 2.16. The summed E-state index contributed by atoms with van der Waals surface area (Å²) < 4.78 is 7.16. The molecule has 0 atom stereocenters. The molecule has 0 unspecified atom stereocenters. The lowest BCUT2D eigenvalue weighted by atomic mass is 10.2. The zero-order valence-corrected chi connectivity index (χ0v) is 19.0. The molecule has 0 aliphatic heterocycles. The predicted octanol–water partition coefficient (Wildman–Crippen LogP) is 5.54. The monoisotopic (exact) mass is 479 g/mol. The van der Waals surface area contributed by atoms with Crippen molar-refractivity contribution in [3.8, 4) is 22.6 Å². The summed E-state index contributed by atoms with van der Waals surface area (Å²) in [6.45, 7) is 1.86. The number of benzene rings is 1. The van der Waals surface area contributed by atoms with Gasteiger partial charge in [0.25, 0.3) is 0 Å². The third-order valence-corrected chi connectivity index (χ3v) is 6.55. The van der Waals surface area contributed by atoms with Gasteiger partial charge in [-0.25, -0.2) is 4.98 Å². The van der Waals surface area contributed by atoms with Crippen molar-refractivity contribution in [1.82, 2.24) is 19.7 Å². The number of nitrogens with zero attached hydrogens (tertiary/aromatic N) is 4. The lowest BCUT2D eigenvalue weighted by Gasteiger charge is -2.04. The number of rotatable bonds is 6. The SMILES string of the molecule is Cc1occc1-c1nnc(SCC(=O)Nc2nc(-c3ccc(Cl)cc3Cl)cs2)n1C. The second-order valence-corrected chi connectivity index (χ2v) is 8.90. The molecule has 1 aromatic carbocycles. The van der Waals surface area contributed by atoms with Gasteiger partial charge in [0.1, 0.15) is 5.76 Å². The first kappa shape index (κ1) is 20.9. The Morgan fingerprint density at radius 1 is 1.27 bits per heavy atom. The van der Waals surface area contributed by atoms with Gasteiger partial charge in [-0.05, 0) is 31.2 Å². The fraction of sp³-hybridized carbons (Fsp3) is 0.158. The van der Waals surface area contributed by atoms with Crippen molar-refractivity contribution >= 4 is 57.3 Å². The number of aryl methyl sites for hydroxylation is 1. The number of carbonyl (C=O) groups is 1. The van der Waals surface area contributed by atoms with E-state index in [-0.39, 0.29) is 11.7 Å². The largest absolute Gasteiger partial charge is 0.469 e. The Morgan fingerprint density at radius 2 is 2.10 bits per heavy atom. The molecule has 0 aliphatic rings. The lowest BCUT2D eigenvalue weighted by Crippen LogP contribution is -2.14. The van der Waals surface area contributed by atoms with Crippen LogP contribution in [0.25, 0.3) is 22.6 Å². The van der Waals surface area contributed by atoms with Crippen LogP contribution in [0.3, 0.4) is 0 Å². The smallest absolute Gasteiger partial charge is 0.236 e. The van der Waals surface area contributed by atoms with Crippen LogP contribution in [0.4, 0.5) is 5.13 Å². The number of furan rings is 1. The third kappa shape index (κ3) is 4.39. The third-order valence-electron chi connectivity index (χ3n) is 4.22. The van der Waals surface area contributed by atoms with Gasteiger partial charge in [-0.3, -0.25) is 4.79 Å². The summed E-state index contributed by atoms with van der Waals surface area (Å²) >= 11 is 14.8. The van der Waals surface area contributed by atoms with Gasteiger partial charge in [0, 0.05) is 23.0 Å². The van der Waals surface area contributed by atoms with Crippen LogP contribution in [-0.4, -0.2) is 31.4 Å². The Morgan fingerprint density at radius 3 is 2.83 bits per heavy atom. The van der Waals surface area contributed by atoms with Crippen molar-refractivity contribution < 1.29 is 9.21 Å². The van der Waals surface area contributed by atoms with Gasteiger partial charge in [0.05, 0.1) is 28.3 Å². The first-order valence-corrected chi connectivity index (χ1v) is 11.3. The van der Waals surface area contributed by atoms with E-state index in [1.165, 1.54) is 23.1 Å². The molecule has 11 heteroatoms. The highest BCUT2D eigenvalue weighted by Crippen LogP contribution is 2.32. The Labute approximate surface area is 190 Å². The van der Waals surface area contributed by atoms with E-state index in [1.54, 1.807) is 24.5 Å². The molecule has 1 N–H and O–H groups in total. The van der Waals surface area contributed by atoms with Crippen LogP contribution in [0.15, 0.2) is 45.5 Å². The molecule has 0 fully saturated rings. The zero-order valence-electron chi connectivity index (χ0n) is 15.8. The number of thioether (sulfide) groups is 1. The van der Waals surface area contributed by atoms with E-state index in [1.807, 2.05) is 30.0 Å². The highest BCUT2D eigenvalue weighted by atomic mass is 35.5. The fourth-order valence-electron chi connectivity index (χ4n) is 2.73.